The molecule has 0 amide bonds. The van der Waals surface area contributed by atoms with Crippen molar-refractivity contribution in [2.24, 2.45) is 0 Å². The number of carbonyl (C=O) groups excluding carboxylic acids is 2. The lowest BCUT2D eigenvalue weighted by Crippen LogP contribution is -2.58. The Balaban J connectivity index is 2.36. The molecule has 0 aliphatic heterocycles. The molecule has 0 aliphatic rings. The second kappa shape index (κ2) is 9.46. The van der Waals surface area contributed by atoms with Gasteiger partial charge in [0, 0.05) is 0 Å². The third kappa shape index (κ3) is 4.75. The molecule has 0 radical (unpaired) electrons. The normalized spacial score (nSPS) is 10.7. The van der Waals surface area contributed by atoms with Crippen LogP contribution in [-0.2, 0) is 19.1 Å². The van der Waals surface area contributed by atoms with E-state index in [4.69, 9.17) is 18.9 Å². The summed E-state index contributed by atoms with van der Waals surface area (Å²) in [7, 11) is 0. The number of benzene rings is 2. The van der Waals surface area contributed by atoms with E-state index >= 15 is 0 Å². The molecule has 0 saturated heterocycles. The molecule has 2 aromatic rings. The van der Waals surface area contributed by atoms with Crippen molar-refractivity contribution in [3.05, 3.63) is 60.7 Å². The van der Waals surface area contributed by atoms with Gasteiger partial charge in [0.05, 0.1) is 13.2 Å². The van der Waals surface area contributed by atoms with E-state index in [-0.39, 0.29) is 19.8 Å². The molecule has 0 spiro atoms. The van der Waals surface area contributed by atoms with Crippen molar-refractivity contribution in [2.45, 2.75) is 19.4 Å². The van der Waals surface area contributed by atoms with Crippen LogP contribution in [-0.4, -0.2) is 37.4 Å². The maximum Gasteiger partial charge on any atom is 0.366 e. The lowest BCUT2D eigenvalue weighted by atomic mass is 10.1. The van der Waals surface area contributed by atoms with Crippen LogP contribution in [0.15, 0.2) is 60.7 Å². The number of hydrogen-bond donors (Lipinski definition) is 0. The molecular weight excluding hydrogens is 336 g/mol. The summed E-state index contributed by atoms with van der Waals surface area (Å²) in [6, 6.07) is 17.3. The molecule has 0 atom stereocenters. The van der Waals surface area contributed by atoms with Gasteiger partial charge >= 0.3 is 17.5 Å². The van der Waals surface area contributed by atoms with Crippen molar-refractivity contribution >= 4 is 11.9 Å². The fourth-order valence-corrected chi connectivity index (χ4v) is 2.20. The molecule has 0 aliphatic carbocycles. The number of carbonyl (C=O) groups is 2. The SMILES string of the molecule is CCOC(=O)C(COc1ccccc1)(Oc1ccccc1)C(=O)OCC. The van der Waals surface area contributed by atoms with Crippen molar-refractivity contribution in [3.63, 3.8) is 0 Å². The molecule has 0 aromatic heterocycles. The first kappa shape index (κ1) is 19.3. The summed E-state index contributed by atoms with van der Waals surface area (Å²) in [5, 5.41) is 0. The Hall–Kier alpha value is -3.02. The van der Waals surface area contributed by atoms with Crippen molar-refractivity contribution in [3.8, 4) is 11.5 Å². The maximum atomic E-state index is 12.7. The van der Waals surface area contributed by atoms with E-state index in [1.54, 1.807) is 68.4 Å². The molecule has 0 bridgehead atoms. The number of rotatable bonds is 9. The zero-order valence-corrected chi connectivity index (χ0v) is 14.8. The molecule has 0 N–H and O–H groups in total. The first-order valence-corrected chi connectivity index (χ1v) is 8.38. The molecule has 26 heavy (non-hydrogen) atoms. The molecule has 0 saturated carbocycles. The highest BCUT2D eigenvalue weighted by Crippen LogP contribution is 2.24. The van der Waals surface area contributed by atoms with E-state index < -0.39 is 17.5 Å². The molecule has 0 unspecified atom stereocenters. The zero-order chi connectivity index (χ0) is 18.8. The summed E-state index contributed by atoms with van der Waals surface area (Å²) in [6.07, 6.45) is 0. The minimum absolute atomic E-state index is 0.0868. The van der Waals surface area contributed by atoms with E-state index in [2.05, 4.69) is 0 Å². The van der Waals surface area contributed by atoms with Crippen molar-refractivity contribution in [2.75, 3.05) is 19.8 Å². The maximum absolute atomic E-state index is 12.7. The van der Waals surface area contributed by atoms with E-state index in [0.717, 1.165) is 0 Å². The van der Waals surface area contributed by atoms with Crippen LogP contribution in [0.5, 0.6) is 11.5 Å². The Morgan fingerprint density at radius 2 is 1.23 bits per heavy atom. The third-order valence-electron chi connectivity index (χ3n) is 3.43. The summed E-state index contributed by atoms with van der Waals surface area (Å²) in [6.45, 7) is 3.08. The predicted molar refractivity (Wildman–Crippen MR) is 95.0 cm³/mol. The van der Waals surface area contributed by atoms with Gasteiger partial charge in [-0.25, -0.2) is 9.59 Å². The van der Waals surface area contributed by atoms with Gasteiger partial charge in [0.2, 0.25) is 0 Å². The van der Waals surface area contributed by atoms with Crippen LogP contribution in [0.2, 0.25) is 0 Å². The van der Waals surface area contributed by atoms with Gasteiger partial charge in [0.25, 0.3) is 0 Å². The Bertz CT molecular complexity index is 681. The molecular formula is C20H22O6. The number of ether oxygens (including phenoxy) is 4. The van der Waals surface area contributed by atoms with Crippen molar-refractivity contribution in [1.82, 2.24) is 0 Å². The van der Waals surface area contributed by atoms with E-state index in [1.807, 2.05) is 6.07 Å². The summed E-state index contributed by atoms with van der Waals surface area (Å²) in [5.74, 6) is -0.913. The van der Waals surface area contributed by atoms with Crippen LogP contribution in [0, 0.1) is 0 Å². The Morgan fingerprint density at radius 3 is 1.69 bits per heavy atom. The summed E-state index contributed by atoms with van der Waals surface area (Å²) in [5.41, 5.74) is -2.07. The molecule has 6 heteroatoms. The highest BCUT2D eigenvalue weighted by molar-refractivity contribution is 6.04. The average Bonchev–Trinajstić information content (AvgIpc) is 2.67. The molecule has 0 heterocycles. The van der Waals surface area contributed by atoms with Gasteiger partial charge in [0.1, 0.15) is 11.5 Å². The van der Waals surface area contributed by atoms with Gasteiger partial charge in [-0.15, -0.1) is 0 Å². The standard InChI is InChI=1S/C20H22O6/c1-3-23-18(21)20(19(22)24-4-2,26-17-13-9-6-10-14-17)15-25-16-11-7-5-8-12-16/h5-14H,3-4,15H2,1-2H3. The van der Waals surface area contributed by atoms with Crippen molar-refractivity contribution in [1.29, 1.82) is 0 Å². The van der Waals surface area contributed by atoms with Gasteiger partial charge in [-0.05, 0) is 38.1 Å². The third-order valence-corrected chi connectivity index (χ3v) is 3.43. The number of para-hydroxylation sites is 2. The first-order valence-electron chi connectivity index (χ1n) is 8.38. The van der Waals surface area contributed by atoms with Crippen LogP contribution >= 0.6 is 0 Å². The molecule has 138 valence electrons. The van der Waals surface area contributed by atoms with E-state index in [1.165, 1.54) is 0 Å². The second-order valence-corrected chi connectivity index (χ2v) is 5.28. The number of esters is 2. The van der Waals surface area contributed by atoms with Crippen LogP contribution in [0.3, 0.4) is 0 Å². The van der Waals surface area contributed by atoms with Crippen LogP contribution in [0.1, 0.15) is 13.8 Å². The zero-order valence-electron chi connectivity index (χ0n) is 14.8. The van der Waals surface area contributed by atoms with Gasteiger partial charge < -0.3 is 18.9 Å². The molecule has 6 nitrogen and oxygen atoms in total. The van der Waals surface area contributed by atoms with Gasteiger partial charge in [-0.2, -0.15) is 0 Å². The summed E-state index contributed by atoms with van der Waals surface area (Å²) < 4.78 is 21.6. The topological polar surface area (TPSA) is 71.1 Å². The minimum Gasteiger partial charge on any atom is -0.488 e. The lowest BCUT2D eigenvalue weighted by Gasteiger charge is -2.29. The Labute approximate surface area is 152 Å². The quantitative estimate of drug-likeness (QED) is 0.507. The van der Waals surface area contributed by atoms with Crippen LogP contribution < -0.4 is 9.47 Å². The molecule has 2 aromatic carbocycles. The van der Waals surface area contributed by atoms with Crippen LogP contribution in [0.25, 0.3) is 0 Å². The van der Waals surface area contributed by atoms with Gasteiger partial charge in [-0.1, -0.05) is 36.4 Å². The minimum atomic E-state index is -2.07. The highest BCUT2D eigenvalue weighted by Gasteiger charge is 2.53. The average molecular weight is 358 g/mol. The van der Waals surface area contributed by atoms with E-state index in [0.29, 0.717) is 11.5 Å². The second-order valence-electron chi connectivity index (χ2n) is 5.28. The number of hydrogen-bond acceptors (Lipinski definition) is 6. The Kier molecular flexibility index (Phi) is 7.02. The Morgan fingerprint density at radius 1 is 0.769 bits per heavy atom. The first-order chi connectivity index (χ1) is 12.6. The largest absolute Gasteiger partial charge is 0.488 e. The van der Waals surface area contributed by atoms with Crippen LogP contribution in [0.4, 0.5) is 0 Å². The van der Waals surface area contributed by atoms with Gasteiger partial charge in [-0.3, -0.25) is 0 Å². The van der Waals surface area contributed by atoms with Gasteiger partial charge in [0.15, 0.2) is 6.61 Å². The fourth-order valence-electron chi connectivity index (χ4n) is 2.20. The fraction of sp³-hybridized carbons (Fsp3) is 0.300. The monoisotopic (exact) mass is 358 g/mol. The summed E-state index contributed by atoms with van der Waals surface area (Å²) in [4.78, 5) is 25.4. The predicted octanol–water partition coefficient (Wildman–Crippen LogP) is 3.01. The smallest absolute Gasteiger partial charge is 0.366 e. The summed E-state index contributed by atoms with van der Waals surface area (Å²) >= 11 is 0. The lowest BCUT2D eigenvalue weighted by molar-refractivity contribution is -0.182. The van der Waals surface area contributed by atoms with Crippen molar-refractivity contribution < 1.29 is 28.5 Å². The molecule has 2 rings (SSSR count). The van der Waals surface area contributed by atoms with E-state index in [9.17, 15) is 9.59 Å². The molecule has 0 fully saturated rings. The highest BCUT2D eigenvalue weighted by atomic mass is 16.6.